The Labute approximate surface area is 101 Å². The van der Waals surface area contributed by atoms with Crippen molar-refractivity contribution in [3.63, 3.8) is 0 Å². The summed E-state index contributed by atoms with van der Waals surface area (Å²) in [5.41, 5.74) is 0. The van der Waals surface area contributed by atoms with Gasteiger partial charge in [-0.25, -0.2) is 4.79 Å². The van der Waals surface area contributed by atoms with Gasteiger partial charge in [0.2, 0.25) is 0 Å². The average Bonchev–Trinajstić information content (AvgIpc) is 2.61. The fourth-order valence-electron chi connectivity index (χ4n) is 0.868. The van der Waals surface area contributed by atoms with Crippen LogP contribution in [-0.2, 0) is 6.54 Å². The van der Waals surface area contributed by atoms with Gasteiger partial charge < -0.3 is 10.2 Å². The number of hydrogen-bond acceptors (Lipinski definition) is 3. The SMILES string of the molecule is C#CCN(C)C(=O)NCc1sncc1Br. The molecule has 1 aromatic heterocycles. The predicted octanol–water partition coefficient (Wildman–Crippen LogP) is 1.68. The zero-order chi connectivity index (χ0) is 11.3. The second-order valence-corrected chi connectivity index (χ2v) is 4.56. The van der Waals surface area contributed by atoms with Crippen molar-refractivity contribution < 1.29 is 4.79 Å². The van der Waals surface area contributed by atoms with E-state index < -0.39 is 0 Å². The first-order valence-corrected chi connectivity index (χ1v) is 5.73. The lowest BCUT2D eigenvalue weighted by molar-refractivity contribution is 0.213. The molecule has 4 nitrogen and oxygen atoms in total. The van der Waals surface area contributed by atoms with E-state index in [1.54, 1.807) is 13.2 Å². The molecule has 0 fully saturated rings. The third-order valence-electron chi connectivity index (χ3n) is 1.67. The summed E-state index contributed by atoms with van der Waals surface area (Å²) in [7, 11) is 1.65. The number of rotatable bonds is 3. The number of nitrogens with one attached hydrogen (secondary N) is 1. The molecule has 0 spiro atoms. The van der Waals surface area contributed by atoms with E-state index in [4.69, 9.17) is 6.42 Å². The molecule has 0 atom stereocenters. The van der Waals surface area contributed by atoms with Crippen LogP contribution in [0, 0.1) is 12.3 Å². The van der Waals surface area contributed by atoms with Gasteiger partial charge in [0.15, 0.2) is 0 Å². The van der Waals surface area contributed by atoms with Crippen LogP contribution < -0.4 is 5.32 Å². The summed E-state index contributed by atoms with van der Waals surface area (Å²) in [6, 6.07) is -0.187. The van der Waals surface area contributed by atoms with Crippen LogP contribution in [0.25, 0.3) is 0 Å². The van der Waals surface area contributed by atoms with E-state index in [0.29, 0.717) is 13.1 Å². The monoisotopic (exact) mass is 287 g/mol. The van der Waals surface area contributed by atoms with Crippen LogP contribution in [0.3, 0.4) is 0 Å². The second kappa shape index (κ2) is 5.73. The fraction of sp³-hybridized carbons (Fsp3) is 0.333. The van der Waals surface area contributed by atoms with Gasteiger partial charge in [-0.2, -0.15) is 4.37 Å². The molecule has 0 radical (unpaired) electrons. The quantitative estimate of drug-likeness (QED) is 0.860. The van der Waals surface area contributed by atoms with Crippen molar-refractivity contribution in [1.29, 1.82) is 0 Å². The van der Waals surface area contributed by atoms with Gasteiger partial charge in [-0.1, -0.05) is 5.92 Å². The number of carbonyl (C=O) groups is 1. The normalized spacial score (nSPS) is 9.40. The van der Waals surface area contributed by atoms with E-state index >= 15 is 0 Å². The Bertz CT molecular complexity index is 385. The Balaban J connectivity index is 2.41. The smallest absolute Gasteiger partial charge is 0.318 e. The van der Waals surface area contributed by atoms with Gasteiger partial charge in [-0.15, -0.1) is 6.42 Å². The molecule has 0 aromatic carbocycles. The number of halogens is 1. The van der Waals surface area contributed by atoms with Crippen molar-refractivity contribution in [1.82, 2.24) is 14.6 Å². The Morgan fingerprint density at radius 1 is 1.87 bits per heavy atom. The van der Waals surface area contributed by atoms with Crippen LogP contribution in [0.15, 0.2) is 10.7 Å². The number of amides is 2. The summed E-state index contributed by atoms with van der Waals surface area (Å²) in [6.07, 6.45) is 6.80. The standard InChI is InChI=1S/C9H10BrN3OS/c1-3-4-13(2)9(14)11-6-8-7(10)5-12-15-8/h1,5H,4,6H2,2H3,(H,11,14). The molecule has 0 saturated carbocycles. The zero-order valence-electron chi connectivity index (χ0n) is 8.16. The van der Waals surface area contributed by atoms with Gasteiger partial charge in [0.05, 0.1) is 28.6 Å². The van der Waals surface area contributed by atoms with Crippen molar-refractivity contribution in [2.24, 2.45) is 0 Å². The van der Waals surface area contributed by atoms with Crippen LogP contribution in [-0.4, -0.2) is 28.9 Å². The lowest BCUT2D eigenvalue weighted by Gasteiger charge is -2.14. The highest BCUT2D eigenvalue weighted by molar-refractivity contribution is 9.10. The van der Waals surface area contributed by atoms with Gasteiger partial charge in [0.1, 0.15) is 0 Å². The van der Waals surface area contributed by atoms with E-state index in [1.165, 1.54) is 16.4 Å². The van der Waals surface area contributed by atoms with Crippen molar-refractivity contribution in [2.75, 3.05) is 13.6 Å². The molecule has 0 bridgehead atoms. The third kappa shape index (κ3) is 3.53. The molecule has 80 valence electrons. The summed E-state index contributed by atoms with van der Waals surface area (Å²) in [6.45, 7) is 0.759. The molecule has 1 N–H and O–H groups in total. The third-order valence-corrected chi connectivity index (χ3v) is 3.41. The predicted molar refractivity (Wildman–Crippen MR) is 63.5 cm³/mol. The Morgan fingerprint density at radius 2 is 2.60 bits per heavy atom. The first-order chi connectivity index (χ1) is 7.15. The van der Waals surface area contributed by atoms with E-state index in [2.05, 4.69) is 31.5 Å². The topological polar surface area (TPSA) is 45.2 Å². The molecule has 0 aliphatic rings. The van der Waals surface area contributed by atoms with E-state index in [9.17, 15) is 4.79 Å². The maximum Gasteiger partial charge on any atom is 0.318 e. The molecule has 0 saturated heterocycles. The number of hydrogen-bond donors (Lipinski definition) is 1. The maximum absolute atomic E-state index is 11.4. The summed E-state index contributed by atoms with van der Waals surface area (Å²) >= 11 is 4.68. The summed E-state index contributed by atoms with van der Waals surface area (Å²) in [5.74, 6) is 2.40. The molecule has 0 aliphatic carbocycles. The molecule has 2 amide bonds. The summed E-state index contributed by atoms with van der Waals surface area (Å²) in [5, 5.41) is 2.74. The first-order valence-electron chi connectivity index (χ1n) is 4.16. The van der Waals surface area contributed by atoms with Crippen molar-refractivity contribution in [3.05, 3.63) is 15.5 Å². The molecule has 0 aliphatic heterocycles. The van der Waals surface area contributed by atoms with E-state index in [1.807, 2.05) is 0 Å². The van der Waals surface area contributed by atoms with Gasteiger partial charge >= 0.3 is 6.03 Å². The van der Waals surface area contributed by atoms with Crippen LogP contribution in [0.4, 0.5) is 4.79 Å². The number of carbonyl (C=O) groups excluding carboxylic acids is 1. The summed E-state index contributed by atoms with van der Waals surface area (Å²) in [4.78, 5) is 13.9. The molecular formula is C9H10BrN3OS. The molecule has 1 rings (SSSR count). The van der Waals surface area contributed by atoms with Gasteiger partial charge in [0, 0.05) is 7.05 Å². The van der Waals surface area contributed by atoms with E-state index in [-0.39, 0.29) is 6.03 Å². The fourth-order valence-corrected chi connectivity index (χ4v) is 2.03. The molecule has 6 heteroatoms. The van der Waals surface area contributed by atoms with Crippen molar-refractivity contribution in [2.45, 2.75) is 6.54 Å². The lowest BCUT2D eigenvalue weighted by atomic mass is 10.5. The minimum absolute atomic E-state index is 0.187. The second-order valence-electron chi connectivity index (χ2n) is 2.82. The highest BCUT2D eigenvalue weighted by atomic mass is 79.9. The Hall–Kier alpha value is -1.06. The highest BCUT2D eigenvalue weighted by Gasteiger charge is 2.08. The van der Waals surface area contributed by atoms with Crippen molar-refractivity contribution in [3.8, 4) is 12.3 Å². The molecule has 1 heterocycles. The molecule has 15 heavy (non-hydrogen) atoms. The Morgan fingerprint density at radius 3 is 3.13 bits per heavy atom. The number of terminal acetylenes is 1. The van der Waals surface area contributed by atoms with Crippen molar-refractivity contribution >= 4 is 33.5 Å². The first kappa shape index (κ1) is 12.0. The Kier molecular flexibility index (Phi) is 4.59. The molecular weight excluding hydrogens is 278 g/mol. The molecule has 1 aromatic rings. The lowest BCUT2D eigenvalue weighted by Crippen LogP contribution is -2.36. The van der Waals surface area contributed by atoms with Crippen LogP contribution in [0.1, 0.15) is 4.88 Å². The minimum Gasteiger partial charge on any atom is -0.333 e. The number of aromatic nitrogens is 1. The van der Waals surface area contributed by atoms with Gasteiger partial charge in [0.25, 0.3) is 0 Å². The van der Waals surface area contributed by atoms with Gasteiger partial charge in [-0.05, 0) is 27.5 Å². The zero-order valence-corrected chi connectivity index (χ0v) is 10.6. The average molecular weight is 288 g/mol. The number of nitrogens with zero attached hydrogens (tertiary/aromatic N) is 2. The summed E-state index contributed by atoms with van der Waals surface area (Å²) < 4.78 is 4.89. The van der Waals surface area contributed by atoms with Crippen LogP contribution >= 0.6 is 27.5 Å². The maximum atomic E-state index is 11.4. The molecule has 0 unspecified atom stereocenters. The van der Waals surface area contributed by atoms with Gasteiger partial charge in [-0.3, -0.25) is 0 Å². The van der Waals surface area contributed by atoms with Crippen LogP contribution in [0.5, 0.6) is 0 Å². The van der Waals surface area contributed by atoms with Crippen LogP contribution in [0.2, 0.25) is 0 Å². The highest BCUT2D eigenvalue weighted by Crippen LogP contribution is 2.19. The number of urea groups is 1. The van der Waals surface area contributed by atoms with E-state index in [0.717, 1.165) is 9.35 Å². The minimum atomic E-state index is -0.187. The largest absolute Gasteiger partial charge is 0.333 e.